The van der Waals surface area contributed by atoms with Crippen molar-refractivity contribution >= 4 is 30.0 Å². The Morgan fingerprint density at radius 3 is 2.52 bits per heavy atom. The molecule has 52 heavy (non-hydrogen) atoms. The molecule has 1 saturated heterocycles. The summed E-state index contributed by atoms with van der Waals surface area (Å²) in [6, 6.07) is 7.06. The predicted molar refractivity (Wildman–Crippen MR) is 197 cm³/mol. The van der Waals surface area contributed by atoms with E-state index in [0.717, 1.165) is 12.0 Å². The molecule has 11 atom stereocenters. The van der Waals surface area contributed by atoms with Crippen LogP contribution in [0, 0.1) is 11.8 Å². The largest absolute Gasteiger partial charge is 0.483 e. The predicted octanol–water partition coefficient (Wildman–Crippen LogP) is 4.91. The van der Waals surface area contributed by atoms with Gasteiger partial charge in [-0.1, -0.05) is 68.8 Å². The number of aliphatic hydroxyl groups excluding tert-OH is 1. The molecule has 5 N–H and O–H groups in total. The molecule has 3 unspecified atom stereocenters. The van der Waals surface area contributed by atoms with Gasteiger partial charge in [0.05, 0.1) is 36.4 Å². The highest BCUT2D eigenvalue weighted by atomic mass is 35.5. The minimum Gasteiger partial charge on any atom is -0.483 e. The number of allylic oxidation sites excluding steroid dienone is 2. The van der Waals surface area contributed by atoms with Crippen LogP contribution in [0.1, 0.15) is 79.7 Å². The molecule has 292 valence electrons. The molecule has 12 nitrogen and oxygen atoms in total. The topological polar surface area (TPSA) is 184 Å². The molecule has 2 aliphatic heterocycles. The highest BCUT2D eigenvalue weighted by Crippen LogP contribution is 2.39. The number of rotatable bonds is 13. The summed E-state index contributed by atoms with van der Waals surface area (Å²) in [4.78, 5) is 33.0. The lowest BCUT2D eigenvalue weighted by molar-refractivity contribution is -0.157. The van der Waals surface area contributed by atoms with Crippen LogP contribution < -0.4 is 5.32 Å². The Kier molecular flexibility index (Phi) is 18.2. The first-order chi connectivity index (χ1) is 24.4. The fourth-order valence-electron chi connectivity index (χ4n) is 6.55. The Bertz CT molecular complexity index is 1390. The van der Waals surface area contributed by atoms with Gasteiger partial charge in [0.15, 0.2) is 0 Å². The molecule has 0 aromatic heterocycles. The van der Waals surface area contributed by atoms with Gasteiger partial charge in [-0.05, 0) is 69.4 Å². The second-order valence-electron chi connectivity index (χ2n) is 14.1. The van der Waals surface area contributed by atoms with Gasteiger partial charge in [0.2, 0.25) is 0 Å². The monoisotopic (exact) mass is 751 g/mol. The second kappa shape index (κ2) is 21.0. The van der Waals surface area contributed by atoms with Crippen molar-refractivity contribution in [3.63, 3.8) is 0 Å². The summed E-state index contributed by atoms with van der Waals surface area (Å²) in [5, 5.41) is 44.5. The van der Waals surface area contributed by atoms with Crippen LogP contribution in [0.3, 0.4) is 0 Å². The Morgan fingerprint density at radius 1 is 1.25 bits per heavy atom. The van der Waals surface area contributed by atoms with Gasteiger partial charge in [0.25, 0.3) is 6.47 Å². The van der Waals surface area contributed by atoms with E-state index in [1.165, 1.54) is 13.8 Å². The number of cyclic esters (lactones) is 1. The number of ether oxygens (including phenoxy) is 4. The van der Waals surface area contributed by atoms with Crippen LogP contribution in [0.15, 0.2) is 60.2 Å². The number of nitrogens with one attached hydrogen (secondary N) is 1. The van der Waals surface area contributed by atoms with Crippen LogP contribution in [0.4, 0.5) is 0 Å². The minimum absolute atomic E-state index is 0.0240. The van der Waals surface area contributed by atoms with Crippen molar-refractivity contribution in [1.82, 2.24) is 5.32 Å². The molecule has 2 aliphatic rings. The van der Waals surface area contributed by atoms with Crippen LogP contribution >= 0.6 is 11.6 Å². The van der Waals surface area contributed by atoms with E-state index in [1.54, 1.807) is 44.4 Å². The summed E-state index contributed by atoms with van der Waals surface area (Å²) < 4.78 is 23.1. The van der Waals surface area contributed by atoms with Crippen LogP contribution in [-0.2, 0) is 39.9 Å². The Balaban J connectivity index is 0.00000301. The third-order valence-corrected chi connectivity index (χ3v) is 9.84. The fourth-order valence-corrected chi connectivity index (χ4v) is 6.76. The highest BCUT2D eigenvalue weighted by Gasteiger charge is 2.54. The maximum atomic E-state index is 12.9. The molecule has 1 aromatic carbocycles. The van der Waals surface area contributed by atoms with Crippen molar-refractivity contribution < 1.29 is 53.8 Å². The van der Waals surface area contributed by atoms with Crippen molar-refractivity contribution in [1.29, 1.82) is 0 Å². The second-order valence-corrected chi connectivity index (χ2v) is 14.6. The standard InChI is InChI=1S/C38H56ClNO9.CH2O2/c1-9-30(46-8)25(4)34-35(49-34)36(40-22-27-13-10-14-28(39)20-27)38(7,45)18-11-12-23(2)33-24(3)15-16-31(47-26(5)41)37(6,44)19-17-29(42)21-32(43)48-33;2-1-3/h10-16,18,20,24-25,29-31,33-36,40,42,44-45H,9,17,19,21-22H2,1-8H3;1H,(H,2,3)/b16-15+,18-11+,23-12+;/t24-,25+,29+,30-,31-,33?,34+,35-,36?,37+,38?;/m0./s1. The van der Waals surface area contributed by atoms with Crippen LogP contribution in [0.2, 0.25) is 5.02 Å². The SMILES string of the molecule is CC[C@H](OC)[C@@H](C)[C@H]1O[C@@H]1C(NCc1cccc(Cl)c1)C(C)(O)/C=C/C=C(\C)C1OC(=O)C[C@H](O)CC[C@@](C)(O)[C@@H](OC(C)=O)/C=C/[C@@H]1C.O=CO. The van der Waals surface area contributed by atoms with Crippen LogP contribution in [0.5, 0.6) is 0 Å². The van der Waals surface area contributed by atoms with Crippen molar-refractivity contribution in [3.05, 3.63) is 70.8 Å². The highest BCUT2D eigenvalue weighted by molar-refractivity contribution is 6.30. The van der Waals surface area contributed by atoms with E-state index in [1.807, 2.05) is 38.1 Å². The zero-order valence-corrected chi connectivity index (χ0v) is 32.3. The van der Waals surface area contributed by atoms with E-state index in [4.69, 9.17) is 40.4 Å². The molecule has 0 radical (unpaired) electrons. The van der Waals surface area contributed by atoms with Gasteiger partial charge >= 0.3 is 11.9 Å². The van der Waals surface area contributed by atoms with E-state index < -0.39 is 47.5 Å². The number of hydrogen-bond donors (Lipinski definition) is 5. The average molecular weight is 752 g/mol. The zero-order chi connectivity index (χ0) is 39.2. The number of epoxide rings is 1. The third-order valence-electron chi connectivity index (χ3n) is 9.60. The van der Waals surface area contributed by atoms with Crippen molar-refractivity contribution in [2.45, 2.75) is 135 Å². The fraction of sp³-hybridized carbons (Fsp3) is 0.615. The quantitative estimate of drug-likeness (QED) is 0.0604. The van der Waals surface area contributed by atoms with Gasteiger partial charge in [0, 0.05) is 37.4 Å². The normalized spacial score (nSPS) is 30.5. The number of carbonyl (C=O) groups is 3. The summed E-state index contributed by atoms with van der Waals surface area (Å²) in [5.74, 6) is -1.39. The molecule has 13 heteroatoms. The lowest BCUT2D eigenvalue weighted by Gasteiger charge is -2.32. The number of aliphatic hydroxyl groups is 3. The molecule has 3 rings (SSSR count). The average Bonchev–Trinajstić information content (AvgIpc) is 3.85. The lowest BCUT2D eigenvalue weighted by atomic mass is 9.87. The molecule has 2 heterocycles. The molecule has 1 aromatic rings. The van der Waals surface area contributed by atoms with Crippen molar-refractivity contribution in [2.24, 2.45) is 11.8 Å². The molecule has 0 aliphatic carbocycles. The maximum absolute atomic E-state index is 12.9. The Hall–Kier alpha value is -3.10. The summed E-state index contributed by atoms with van der Waals surface area (Å²) in [6.45, 7) is 12.6. The van der Waals surface area contributed by atoms with Gasteiger partial charge in [-0.3, -0.25) is 14.4 Å². The van der Waals surface area contributed by atoms with Crippen molar-refractivity contribution in [2.75, 3.05) is 7.11 Å². The first-order valence-corrected chi connectivity index (χ1v) is 18.1. The summed E-state index contributed by atoms with van der Waals surface area (Å²) in [5.41, 5.74) is -1.16. The molecular formula is C39H58ClNO11. The van der Waals surface area contributed by atoms with Gasteiger partial charge in [-0.15, -0.1) is 0 Å². The van der Waals surface area contributed by atoms with E-state index in [9.17, 15) is 24.9 Å². The van der Waals surface area contributed by atoms with Crippen LogP contribution in [-0.4, -0.2) is 99.8 Å². The smallest absolute Gasteiger partial charge is 0.309 e. The number of benzene rings is 1. The third kappa shape index (κ3) is 14.0. The summed E-state index contributed by atoms with van der Waals surface area (Å²) >= 11 is 6.22. The Labute approximate surface area is 312 Å². The van der Waals surface area contributed by atoms with E-state index >= 15 is 0 Å². The molecule has 0 saturated carbocycles. The van der Waals surface area contributed by atoms with Gasteiger partial charge in [-0.2, -0.15) is 0 Å². The zero-order valence-electron chi connectivity index (χ0n) is 31.5. The van der Waals surface area contributed by atoms with Gasteiger partial charge in [-0.25, -0.2) is 0 Å². The molecule has 0 spiro atoms. The number of halogens is 1. The summed E-state index contributed by atoms with van der Waals surface area (Å²) in [6.07, 6.45) is 6.28. The molecule has 0 amide bonds. The van der Waals surface area contributed by atoms with E-state index in [2.05, 4.69) is 19.2 Å². The number of methoxy groups -OCH3 is 1. The maximum Gasteiger partial charge on any atom is 0.309 e. The van der Waals surface area contributed by atoms with Gasteiger partial charge < -0.3 is 44.7 Å². The minimum atomic E-state index is -1.46. The van der Waals surface area contributed by atoms with E-state index in [-0.39, 0.29) is 55.9 Å². The number of hydrogen-bond acceptors (Lipinski definition) is 11. The number of carboxylic acid groups (broad SMARTS) is 1. The Morgan fingerprint density at radius 2 is 1.92 bits per heavy atom. The lowest BCUT2D eigenvalue weighted by Crippen LogP contribution is -2.52. The molecule has 0 bridgehead atoms. The number of esters is 2. The van der Waals surface area contributed by atoms with Gasteiger partial charge in [0.1, 0.15) is 23.9 Å². The molecular weight excluding hydrogens is 694 g/mol. The summed E-state index contributed by atoms with van der Waals surface area (Å²) in [7, 11) is 1.70. The molecule has 1 fully saturated rings. The van der Waals surface area contributed by atoms with Crippen LogP contribution in [0.25, 0.3) is 0 Å². The first kappa shape index (κ1) is 45.1. The van der Waals surface area contributed by atoms with Crippen molar-refractivity contribution in [3.8, 4) is 0 Å². The number of carbonyl (C=O) groups excluding carboxylic acids is 2. The first-order valence-electron chi connectivity index (χ1n) is 17.7. The van der Waals surface area contributed by atoms with E-state index in [0.29, 0.717) is 17.1 Å².